The van der Waals surface area contributed by atoms with Gasteiger partial charge in [0.1, 0.15) is 0 Å². The monoisotopic (exact) mass is 360 g/mol. The molecule has 1 N–H and O–H groups in total. The summed E-state index contributed by atoms with van der Waals surface area (Å²) in [5, 5.41) is 3.22. The molecule has 1 saturated heterocycles. The van der Waals surface area contributed by atoms with Crippen LogP contribution in [0.25, 0.3) is 0 Å². The molecule has 3 nitrogen and oxygen atoms in total. The number of hydrogen-bond donors (Lipinski definition) is 1. The van der Waals surface area contributed by atoms with Gasteiger partial charge in [-0.05, 0) is 50.0 Å². The van der Waals surface area contributed by atoms with Gasteiger partial charge < -0.3 is 10.2 Å². The van der Waals surface area contributed by atoms with Gasteiger partial charge in [-0.3, -0.25) is 4.79 Å². The third-order valence-corrected chi connectivity index (χ3v) is 4.26. The highest BCUT2D eigenvalue weighted by Gasteiger charge is 2.22. The van der Waals surface area contributed by atoms with E-state index in [1.807, 2.05) is 36.2 Å². The molecule has 0 aliphatic carbocycles. The van der Waals surface area contributed by atoms with E-state index in [2.05, 4.69) is 21.2 Å². The second kappa shape index (κ2) is 8.65. The molecule has 0 unspecified atom stereocenters. The van der Waals surface area contributed by atoms with Crippen molar-refractivity contribution in [3.8, 4) is 0 Å². The van der Waals surface area contributed by atoms with Crippen LogP contribution < -0.4 is 5.32 Å². The van der Waals surface area contributed by atoms with Crippen LogP contribution in [-0.4, -0.2) is 37.5 Å². The summed E-state index contributed by atoms with van der Waals surface area (Å²) < 4.78 is 1.05. The van der Waals surface area contributed by atoms with Gasteiger partial charge in [0.15, 0.2) is 0 Å². The second-order valence-electron chi connectivity index (χ2n) is 5.19. The lowest BCUT2D eigenvalue weighted by atomic mass is 9.96. The minimum Gasteiger partial charge on any atom is -0.342 e. The number of rotatable bonds is 4. The van der Waals surface area contributed by atoms with Gasteiger partial charge in [0.05, 0.1) is 6.42 Å². The maximum atomic E-state index is 12.2. The molecule has 20 heavy (non-hydrogen) atoms. The number of likely N-dealkylation sites (tertiary alicyclic amines) is 1. The van der Waals surface area contributed by atoms with E-state index in [1.54, 1.807) is 0 Å². The van der Waals surface area contributed by atoms with Crippen LogP contribution in [-0.2, 0) is 11.2 Å². The van der Waals surface area contributed by atoms with Crippen molar-refractivity contribution in [2.24, 2.45) is 5.92 Å². The number of hydrogen-bond acceptors (Lipinski definition) is 2. The lowest BCUT2D eigenvalue weighted by Crippen LogP contribution is -2.41. The van der Waals surface area contributed by atoms with Crippen LogP contribution in [0.3, 0.4) is 0 Å². The van der Waals surface area contributed by atoms with Gasteiger partial charge in [0.25, 0.3) is 0 Å². The Morgan fingerprint density at radius 2 is 1.90 bits per heavy atom. The SMILES string of the molecule is CNCC1CCN(C(=O)Cc2ccc(Br)cc2)CC1.Cl. The number of piperidine rings is 1. The van der Waals surface area contributed by atoms with Gasteiger partial charge >= 0.3 is 0 Å². The first-order chi connectivity index (χ1) is 9.19. The van der Waals surface area contributed by atoms with Crippen molar-refractivity contribution in [1.29, 1.82) is 0 Å². The summed E-state index contributed by atoms with van der Waals surface area (Å²) in [6.07, 6.45) is 2.75. The molecule has 1 aliphatic heterocycles. The summed E-state index contributed by atoms with van der Waals surface area (Å²) in [7, 11) is 1.99. The minimum atomic E-state index is 0. The average Bonchev–Trinajstić information content (AvgIpc) is 2.42. The second-order valence-corrected chi connectivity index (χ2v) is 6.10. The Morgan fingerprint density at radius 3 is 2.45 bits per heavy atom. The Kier molecular flexibility index (Phi) is 7.56. The first-order valence-corrected chi connectivity index (χ1v) is 7.65. The Morgan fingerprint density at radius 1 is 1.30 bits per heavy atom. The zero-order chi connectivity index (χ0) is 13.7. The first kappa shape index (κ1) is 17.5. The van der Waals surface area contributed by atoms with Crippen molar-refractivity contribution >= 4 is 34.2 Å². The maximum absolute atomic E-state index is 12.2. The van der Waals surface area contributed by atoms with Crippen LogP contribution in [0.4, 0.5) is 0 Å². The van der Waals surface area contributed by atoms with Gasteiger partial charge in [-0.1, -0.05) is 28.1 Å². The van der Waals surface area contributed by atoms with Gasteiger partial charge in [-0.25, -0.2) is 0 Å². The number of carbonyl (C=O) groups excluding carboxylic acids is 1. The van der Waals surface area contributed by atoms with Crippen molar-refractivity contribution in [3.05, 3.63) is 34.3 Å². The van der Waals surface area contributed by atoms with Gasteiger partial charge in [0, 0.05) is 17.6 Å². The summed E-state index contributed by atoms with van der Waals surface area (Å²) >= 11 is 3.41. The standard InChI is InChI=1S/C15H21BrN2O.ClH/c1-17-11-13-6-8-18(9-7-13)15(19)10-12-2-4-14(16)5-3-12;/h2-5,13,17H,6-11H2,1H3;1H. The third kappa shape index (κ3) is 5.08. The van der Waals surface area contributed by atoms with Crippen LogP contribution in [0.1, 0.15) is 18.4 Å². The lowest BCUT2D eigenvalue weighted by molar-refractivity contribution is -0.131. The summed E-state index contributed by atoms with van der Waals surface area (Å²) in [5.74, 6) is 0.979. The quantitative estimate of drug-likeness (QED) is 0.894. The zero-order valence-electron chi connectivity index (χ0n) is 11.8. The number of amides is 1. The first-order valence-electron chi connectivity index (χ1n) is 6.86. The fraction of sp³-hybridized carbons (Fsp3) is 0.533. The van der Waals surface area contributed by atoms with E-state index in [9.17, 15) is 4.79 Å². The van der Waals surface area contributed by atoms with Crippen LogP contribution in [0, 0.1) is 5.92 Å². The van der Waals surface area contributed by atoms with Crippen LogP contribution in [0.2, 0.25) is 0 Å². The summed E-state index contributed by atoms with van der Waals surface area (Å²) in [6, 6.07) is 8.00. The lowest BCUT2D eigenvalue weighted by Gasteiger charge is -2.32. The van der Waals surface area contributed by atoms with E-state index in [4.69, 9.17) is 0 Å². The van der Waals surface area contributed by atoms with E-state index in [-0.39, 0.29) is 18.3 Å². The topological polar surface area (TPSA) is 32.3 Å². The van der Waals surface area contributed by atoms with Gasteiger partial charge in [-0.15, -0.1) is 12.4 Å². The Bertz CT molecular complexity index is 416. The molecule has 5 heteroatoms. The molecule has 1 fully saturated rings. The molecule has 0 bridgehead atoms. The molecule has 112 valence electrons. The molecule has 0 aromatic heterocycles. The highest BCUT2D eigenvalue weighted by atomic mass is 79.9. The van der Waals surface area contributed by atoms with Gasteiger partial charge in [0.2, 0.25) is 5.91 Å². The number of nitrogens with one attached hydrogen (secondary N) is 1. The summed E-state index contributed by atoms with van der Waals surface area (Å²) in [5.41, 5.74) is 1.09. The van der Waals surface area contributed by atoms with E-state index >= 15 is 0 Å². The Hall–Kier alpha value is -0.580. The highest BCUT2D eigenvalue weighted by molar-refractivity contribution is 9.10. The molecule has 0 radical (unpaired) electrons. The summed E-state index contributed by atoms with van der Waals surface area (Å²) in [4.78, 5) is 14.2. The molecule has 1 amide bonds. The Labute approximate surface area is 135 Å². The van der Waals surface area contributed by atoms with Crippen molar-refractivity contribution in [2.45, 2.75) is 19.3 Å². The van der Waals surface area contributed by atoms with Crippen LogP contribution >= 0.6 is 28.3 Å². The molecule has 2 rings (SSSR count). The Balaban J connectivity index is 0.00000200. The number of carbonyl (C=O) groups is 1. The molecule has 0 atom stereocenters. The predicted octanol–water partition coefficient (Wildman–Crippen LogP) is 2.87. The maximum Gasteiger partial charge on any atom is 0.226 e. The van der Waals surface area contributed by atoms with E-state index in [0.29, 0.717) is 6.42 Å². The van der Waals surface area contributed by atoms with Crippen molar-refractivity contribution in [2.75, 3.05) is 26.7 Å². The fourth-order valence-electron chi connectivity index (χ4n) is 2.56. The minimum absolute atomic E-state index is 0. The van der Waals surface area contributed by atoms with Gasteiger partial charge in [-0.2, -0.15) is 0 Å². The van der Waals surface area contributed by atoms with E-state index in [0.717, 1.165) is 48.4 Å². The molecule has 0 saturated carbocycles. The van der Waals surface area contributed by atoms with Crippen molar-refractivity contribution < 1.29 is 4.79 Å². The molecule has 1 aromatic carbocycles. The number of halogens is 2. The molecular formula is C15H22BrClN2O. The van der Waals surface area contributed by atoms with Crippen molar-refractivity contribution in [3.63, 3.8) is 0 Å². The highest BCUT2D eigenvalue weighted by Crippen LogP contribution is 2.18. The summed E-state index contributed by atoms with van der Waals surface area (Å²) in [6.45, 7) is 2.87. The average molecular weight is 362 g/mol. The zero-order valence-corrected chi connectivity index (χ0v) is 14.2. The third-order valence-electron chi connectivity index (χ3n) is 3.73. The molecular weight excluding hydrogens is 340 g/mol. The molecule has 1 aromatic rings. The predicted molar refractivity (Wildman–Crippen MR) is 88.3 cm³/mol. The van der Waals surface area contributed by atoms with E-state index in [1.165, 1.54) is 0 Å². The normalized spacial score (nSPS) is 15.8. The fourth-order valence-corrected chi connectivity index (χ4v) is 2.83. The molecule has 1 heterocycles. The number of nitrogens with zero attached hydrogens (tertiary/aromatic N) is 1. The van der Waals surface area contributed by atoms with Crippen molar-refractivity contribution in [1.82, 2.24) is 10.2 Å². The molecule has 1 aliphatic rings. The van der Waals surface area contributed by atoms with Crippen LogP contribution in [0.15, 0.2) is 28.7 Å². The largest absolute Gasteiger partial charge is 0.342 e. The smallest absolute Gasteiger partial charge is 0.226 e. The van der Waals surface area contributed by atoms with E-state index < -0.39 is 0 Å². The molecule has 0 spiro atoms. The number of benzene rings is 1. The van der Waals surface area contributed by atoms with Crippen LogP contribution in [0.5, 0.6) is 0 Å².